The number of guanidine groups is 1. The van der Waals surface area contributed by atoms with Crippen LogP contribution in [0.25, 0.3) is 0 Å². The highest BCUT2D eigenvalue weighted by atomic mass is 16.4. The lowest BCUT2D eigenvalue weighted by molar-refractivity contribution is -0.141. The number of nitrogens with two attached hydrogens (primary N) is 1. The van der Waals surface area contributed by atoms with Crippen molar-refractivity contribution >= 4 is 17.8 Å². The normalized spacial score (nSPS) is 11.8. The minimum Gasteiger partial charge on any atom is -0.480 e. The predicted molar refractivity (Wildman–Crippen MR) is 107 cm³/mol. The Morgan fingerprint density at radius 3 is 2.04 bits per heavy atom. The molecule has 0 aliphatic rings. The van der Waals surface area contributed by atoms with Gasteiger partial charge in [0.15, 0.2) is 5.96 Å². The molecule has 6 nitrogen and oxygen atoms in total. The van der Waals surface area contributed by atoms with E-state index in [0.717, 1.165) is 37.0 Å². The summed E-state index contributed by atoms with van der Waals surface area (Å²) in [5.41, 5.74) is 5.60. The van der Waals surface area contributed by atoms with Gasteiger partial charge in [-0.05, 0) is 32.1 Å². The summed E-state index contributed by atoms with van der Waals surface area (Å²) in [7, 11) is 1.44. The second kappa shape index (κ2) is 16.6. The van der Waals surface area contributed by atoms with Gasteiger partial charge in [-0.2, -0.15) is 0 Å². The molecule has 0 bridgehead atoms. The Balaban J connectivity index is 3.71. The topological polar surface area (TPSA) is 96.0 Å². The number of aliphatic carboxylic acids is 1. The standard InChI is InChI=1S/C20H37N3O3/c1-3-4-5-6-7-8-9-10-11-12-13-14-15-16-18(24)23(17-19(25)26)20(21)22-2/h8-9H,3-7,10-17H2,1-2H3,(H2,21,22)(H,25,26)/b9-8-. The molecular weight excluding hydrogens is 330 g/mol. The van der Waals surface area contributed by atoms with Crippen molar-refractivity contribution in [3.8, 4) is 0 Å². The van der Waals surface area contributed by atoms with Crippen molar-refractivity contribution in [2.75, 3.05) is 13.6 Å². The van der Waals surface area contributed by atoms with E-state index in [0.29, 0.717) is 6.42 Å². The zero-order chi connectivity index (χ0) is 19.6. The number of aliphatic imine (C=N–C) groups is 1. The number of rotatable bonds is 15. The van der Waals surface area contributed by atoms with Crippen LogP contribution in [0.3, 0.4) is 0 Å². The van der Waals surface area contributed by atoms with Crippen LogP contribution in [0.1, 0.15) is 84.0 Å². The molecule has 0 saturated heterocycles. The van der Waals surface area contributed by atoms with Gasteiger partial charge in [0, 0.05) is 13.5 Å². The molecule has 6 heteroatoms. The van der Waals surface area contributed by atoms with Gasteiger partial charge < -0.3 is 10.8 Å². The van der Waals surface area contributed by atoms with Crippen LogP contribution < -0.4 is 5.73 Å². The second-order valence-electron chi connectivity index (χ2n) is 6.58. The van der Waals surface area contributed by atoms with Crippen molar-refractivity contribution in [2.45, 2.75) is 84.0 Å². The molecular formula is C20H37N3O3. The highest BCUT2D eigenvalue weighted by Crippen LogP contribution is 2.10. The number of nitrogens with zero attached hydrogens (tertiary/aromatic N) is 2. The van der Waals surface area contributed by atoms with E-state index in [2.05, 4.69) is 24.1 Å². The molecule has 0 aromatic rings. The predicted octanol–water partition coefficient (Wildman–Crippen LogP) is 4.10. The lowest BCUT2D eigenvalue weighted by Crippen LogP contribution is -2.44. The zero-order valence-corrected chi connectivity index (χ0v) is 16.6. The van der Waals surface area contributed by atoms with Crippen molar-refractivity contribution < 1.29 is 14.7 Å². The van der Waals surface area contributed by atoms with E-state index in [4.69, 9.17) is 10.8 Å². The van der Waals surface area contributed by atoms with Gasteiger partial charge in [0.2, 0.25) is 5.91 Å². The minimum absolute atomic E-state index is 0.0427. The Labute approximate surface area is 158 Å². The van der Waals surface area contributed by atoms with E-state index in [1.807, 2.05) is 0 Å². The van der Waals surface area contributed by atoms with Gasteiger partial charge in [-0.25, -0.2) is 0 Å². The van der Waals surface area contributed by atoms with Gasteiger partial charge in [0.05, 0.1) is 0 Å². The average molecular weight is 368 g/mol. The largest absolute Gasteiger partial charge is 0.480 e. The third kappa shape index (κ3) is 13.4. The summed E-state index contributed by atoms with van der Waals surface area (Å²) >= 11 is 0. The molecule has 3 N–H and O–H groups in total. The van der Waals surface area contributed by atoms with Crippen LogP contribution in [0.5, 0.6) is 0 Å². The first kappa shape index (κ1) is 24.1. The molecule has 0 rings (SSSR count). The number of carbonyl (C=O) groups is 2. The molecule has 0 atom stereocenters. The lowest BCUT2D eigenvalue weighted by Gasteiger charge is -2.19. The highest BCUT2D eigenvalue weighted by molar-refractivity contribution is 5.98. The summed E-state index contributed by atoms with van der Waals surface area (Å²) in [4.78, 5) is 27.6. The van der Waals surface area contributed by atoms with Gasteiger partial charge in [0.25, 0.3) is 0 Å². The van der Waals surface area contributed by atoms with Crippen LogP contribution >= 0.6 is 0 Å². The number of hydrogen-bond acceptors (Lipinski definition) is 3. The number of amides is 1. The molecule has 0 fully saturated rings. The molecule has 0 aromatic carbocycles. The summed E-state index contributed by atoms with van der Waals surface area (Å²) in [6.07, 6.45) is 17.6. The molecule has 0 saturated carbocycles. The number of carboxylic acid groups (broad SMARTS) is 1. The molecule has 0 aliphatic carbocycles. The molecule has 26 heavy (non-hydrogen) atoms. The Morgan fingerprint density at radius 1 is 0.962 bits per heavy atom. The maximum atomic E-state index is 12.1. The van der Waals surface area contributed by atoms with Crippen LogP contribution in [0.2, 0.25) is 0 Å². The van der Waals surface area contributed by atoms with Gasteiger partial charge >= 0.3 is 5.97 Å². The Bertz CT molecular complexity index is 448. The SMILES string of the molecule is CCCCCC/C=C\CCCCCCCC(=O)N(CC(=O)O)C(N)=NC. The fraction of sp³-hybridized carbons (Fsp3) is 0.750. The first-order valence-corrected chi connectivity index (χ1v) is 9.92. The van der Waals surface area contributed by atoms with E-state index in [9.17, 15) is 9.59 Å². The lowest BCUT2D eigenvalue weighted by atomic mass is 10.1. The van der Waals surface area contributed by atoms with Crippen LogP contribution in [0.15, 0.2) is 17.1 Å². The van der Waals surface area contributed by atoms with Crippen LogP contribution in [0.4, 0.5) is 0 Å². The summed E-state index contributed by atoms with van der Waals surface area (Å²) in [6, 6.07) is 0. The quantitative estimate of drug-likeness (QED) is 0.197. The number of carbonyl (C=O) groups excluding carboxylic acids is 1. The number of hydrogen-bond donors (Lipinski definition) is 2. The average Bonchev–Trinajstić information content (AvgIpc) is 2.62. The maximum absolute atomic E-state index is 12.1. The maximum Gasteiger partial charge on any atom is 0.323 e. The molecule has 0 radical (unpaired) electrons. The monoisotopic (exact) mass is 367 g/mol. The van der Waals surface area contributed by atoms with E-state index < -0.39 is 12.5 Å². The first-order chi connectivity index (χ1) is 12.5. The van der Waals surface area contributed by atoms with Gasteiger partial charge in [-0.1, -0.05) is 57.6 Å². The van der Waals surface area contributed by atoms with Gasteiger partial charge in [0.1, 0.15) is 6.54 Å². The summed E-state index contributed by atoms with van der Waals surface area (Å²) < 4.78 is 0. The van der Waals surface area contributed by atoms with E-state index in [1.165, 1.54) is 45.6 Å². The van der Waals surface area contributed by atoms with Crippen LogP contribution in [-0.4, -0.2) is 41.4 Å². The Kier molecular flexibility index (Phi) is 15.4. The Hall–Kier alpha value is -1.85. The summed E-state index contributed by atoms with van der Waals surface area (Å²) in [5.74, 6) is -1.41. The fourth-order valence-corrected chi connectivity index (χ4v) is 2.68. The molecule has 0 unspecified atom stereocenters. The second-order valence-corrected chi connectivity index (χ2v) is 6.58. The van der Waals surface area contributed by atoms with E-state index in [1.54, 1.807) is 0 Å². The molecule has 0 spiro atoms. The van der Waals surface area contributed by atoms with Crippen molar-refractivity contribution in [2.24, 2.45) is 10.7 Å². The highest BCUT2D eigenvalue weighted by Gasteiger charge is 2.19. The Morgan fingerprint density at radius 2 is 1.50 bits per heavy atom. The third-order valence-electron chi connectivity index (χ3n) is 4.25. The number of unbranched alkanes of at least 4 members (excludes halogenated alkanes) is 9. The zero-order valence-electron chi connectivity index (χ0n) is 16.6. The first-order valence-electron chi connectivity index (χ1n) is 9.92. The van der Waals surface area contributed by atoms with Crippen LogP contribution in [0, 0.1) is 0 Å². The fourth-order valence-electron chi connectivity index (χ4n) is 2.68. The van der Waals surface area contributed by atoms with E-state index >= 15 is 0 Å². The molecule has 0 aromatic heterocycles. The van der Waals surface area contributed by atoms with E-state index in [-0.39, 0.29) is 11.9 Å². The smallest absolute Gasteiger partial charge is 0.323 e. The summed E-state index contributed by atoms with van der Waals surface area (Å²) in [5, 5.41) is 8.85. The summed E-state index contributed by atoms with van der Waals surface area (Å²) in [6.45, 7) is 1.79. The van der Waals surface area contributed by atoms with Gasteiger partial charge in [-0.15, -0.1) is 0 Å². The molecule has 1 amide bonds. The van der Waals surface area contributed by atoms with Crippen LogP contribution in [-0.2, 0) is 9.59 Å². The number of allylic oxidation sites excluding steroid dienone is 2. The molecule has 150 valence electrons. The van der Waals surface area contributed by atoms with Gasteiger partial charge in [-0.3, -0.25) is 19.5 Å². The third-order valence-corrected chi connectivity index (χ3v) is 4.25. The minimum atomic E-state index is -1.09. The molecule has 0 aliphatic heterocycles. The van der Waals surface area contributed by atoms with Crippen molar-refractivity contribution in [1.82, 2.24) is 4.90 Å². The number of carboxylic acids is 1. The van der Waals surface area contributed by atoms with Crippen molar-refractivity contribution in [1.29, 1.82) is 0 Å². The van der Waals surface area contributed by atoms with Crippen molar-refractivity contribution in [3.63, 3.8) is 0 Å². The van der Waals surface area contributed by atoms with Crippen molar-refractivity contribution in [3.05, 3.63) is 12.2 Å². The molecule has 0 heterocycles.